The van der Waals surface area contributed by atoms with Gasteiger partial charge in [-0.1, -0.05) is 41.0 Å². The predicted molar refractivity (Wildman–Crippen MR) is 79.1 cm³/mol. The molecule has 2 rings (SSSR count). The highest BCUT2D eigenvalue weighted by Gasteiger charge is 2.07. The van der Waals surface area contributed by atoms with Crippen molar-refractivity contribution in [1.82, 2.24) is 9.97 Å². The van der Waals surface area contributed by atoms with E-state index in [9.17, 15) is 0 Å². The van der Waals surface area contributed by atoms with Crippen LogP contribution < -0.4 is 10.5 Å². The van der Waals surface area contributed by atoms with Gasteiger partial charge in [0.15, 0.2) is 11.6 Å². The van der Waals surface area contributed by atoms with Crippen molar-refractivity contribution in [1.29, 1.82) is 0 Å². The molecule has 0 saturated carbocycles. The molecule has 0 aliphatic carbocycles. The quantitative estimate of drug-likeness (QED) is 0.675. The number of ether oxygens (including phenoxy) is 1. The van der Waals surface area contributed by atoms with E-state index in [2.05, 4.69) is 9.97 Å². The molecule has 0 bridgehead atoms. The summed E-state index contributed by atoms with van der Waals surface area (Å²) in [4.78, 5) is 8.08. The van der Waals surface area contributed by atoms with Crippen molar-refractivity contribution in [2.45, 2.75) is 5.03 Å². The largest absolute Gasteiger partial charge is 0.490 e. The fraction of sp³-hybridized carbons (Fsp3) is 0.167. The van der Waals surface area contributed by atoms with Crippen LogP contribution in [0.15, 0.2) is 35.6 Å². The Morgan fingerprint density at radius 3 is 2.53 bits per heavy atom. The first-order valence-corrected chi connectivity index (χ1v) is 7.18. The van der Waals surface area contributed by atoms with Crippen molar-refractivity contribution in [3.63, 3.8) is 0 Å². The Labute approximate surface area is 125 Å². The first kappa shape index (κ1) is 14.2. The molecule has 19 heavy (non-hydrogen) atoms. The van der Waals surface area contributed by atoms with Gasteiger partial charge in [-0.2, -0.15) is 0 Å². The highest BCUT2D eigenvalue weighted by atomic mass is 35.5. The van der Waals surface area contributed by atoms with Crippen molar-refractivity contribution in [3.05, 3.63) is 40.6 Å². The minimum Gasteiger partial charge on any atom is -0.490 e. The van der Waals surface area contributed by atoms with Crippen molar-refractivity contribution >= 4 is 40.8 Å². The molecule has 4 nitrogen and oxygen atoms in total. The standard InChI is InChI=1S/C12H11Cl2N3OS/c13-8-2-1-3-9(14)10(8)18-6-7-19-12-11(15)16-4-5-17-12/h1-5H,6-7H2,(H2,15,16). The Morgan fingerprint density at radius 1 is 1.16 bits per heavy atom. The van der Waals surface area contributed by atoms with Gasteiger partial charge in [-0.15, -0.1) is 0 Å². The lowest BCUT2D eigenvalue weighted by molar-refractivity contribution is 0.344. The zero-order valence-corrected chi connectivity index (χ0v) is 12.2. The Kier molecular flexibility index (Phi) is 5.13. The minimum absolute atomic E-state index is 0.420. The van der Waals surface area contributed by atoms with Gasteiger partial charge in [-0.25, -0.2) is 9.97 Å². The molecule has 100 valence electrons. The van der Waals surface area contributed by atoms with E-state index in [0.29, 0.717) is 39.0 Å². The molecular weight excluding hydrogens is 305 g/mol. The van der Waals surface area contributed by atoms with Crippen LogP contribution in [0, 0.1) is 0 Å². The summed E-state index contributed by atoms with van der Waals surface area (Å²) in [6.45, 7) is 0.449. The highest BCUT2D eigenvalue weighted by molar-refractivity contribution is 7.99. The number of halogens is 2. The number of nitrogens with zero attached hydrogens (tertiary/aromatic N) is 2. The van der Waals surface area contributed by atoms with Crippen LogP contribution in [0.3, 0.4) is 0 Å². The third-order valence-corrected chi connectivity index (χ3v) is 3.73. The molecule has 0 aliphatic heterocycles. The maximum Gasteiger partial charge on any atom is 0.156 e. The molecule has 2 N–H and O–H groups in total. The first-order valence-electron chi connectivity index (χ1n) is 5.44. The average Bonchev–Trinajstić information content (AvgIpc) is 2.39. The number of rotatable bonds is 5. The van der Waals surface area contributed by atoms with Gasteiger partial charge in [0.1, 0.15) is 5.03 Å². The van der Waals surface area contributed by atoms with Crippen LogP contribution in [0.5, 0.6) is 5.75 Å². The first-order chi connectivity index (χ1) is 9.18. The lowest BCUT2D eigenvalue weighted by Gasteiger charge is -2.09. The lowest BCUT2D eigenvalue weighted by atomic mass is 10.3. The molecule has 1 heterocycles. The van der Waals surface area contributed by atoms with Crippen LogP contribution in [-0.2, 0) is 0 Å². The predicted octanol–water partition coefficient (Wildman–Crippen LogP) is 3.54. The zero-order valence-electron chi connectivity index (χ0n) is 9.85. The molecule has 0 aliphatic rings. The van der Waals surface area contributed by atoms with Crippen molar-refractivity contribution in [2.24, 2.45) is 0 Å². The number of nitrogen functional groups attached to an aromatic ring is 1. The van der Waals surface area contributed by atoms with E-state index < -0.39 is 0 Å². The van der Waals surface area contributed by atoms with E-state index in [1.54, 1.807) is 30.6 Å². The van der Waals surface area contributed by atoms with Crippen LogP contribution in [0.1, 0.15) is 0 Å². The van der Waals surface area contributed by atoms with Crippen LogP contribution in [-0.4, -0.2) is 22.3 Å². The van der Waals surface area contributed by atoms with Gasteiger partial charge in [-0.3, -0.25) is 0 Å². The van der Waals surface area contributed by atoms with Gasteiger partial charge in [-0.05, 0) is 12.1 Å². The second-order valence-corrected chi connectivity index (χ2v) is 5.39. The molecular formula is C12H11Cl2N3OS. The number of nitrogens with two attached hydrogens (primary N) is 1. The van der Waals surface area contributed by atoms with Crippen LogP contribution >= 0.6 is 35.0 Å². The summed E-state index contributed by atoms with van der Waals surface area (Å²) in [6, 6.07) is 5.24. The summed E-state index contributed by atoms with van der Waals surface area (Å²) < 4.78 is 5.56. The Hall–Kier alpha value is -1.17. The van der Waals surface area contributed by atoms with Gasteiger partial charge in [0.2, 0.25) is 0 Å². The molecule has 1 aromatic heterocycles. The Balaban J connectivity index is 1.86. The molecule has 0 saturated heterocycles. The molecule has 0 spiro atoms. The van der Waals surface area contributed by atoms with Gasteiger partial charge in [0.05, 0.1) is 16.7 Å². The van der Waals surface area contributed by atoms with E-state index in [-0.39, 0.29) is 0 Å². The molecule has 0 fully saturated rings. The Bertz CT molecular complexity index is 548. The number of aromatic nitrogens is 2. The maximum atomic E-state index is 5.99. The number of anilines is 1. The SMILES string of the molecule is Nc1nccnc1SCCOc1c(Cl)cccc1Cl. The fourth-order valence-corrected chi connectivity index (χ4v) is 2.55. The molecule has 2 aromatic rings. The maximum absolute atomic E-state index is 5.99. The summed E-state index contributed by atoms with van der Waals surface area (Å²) in [5.41, 5.74) is 5.68. The number of hydrogen-bond acceptors (Lipinski definition) is 5. The molecule has 0 amide bonds. The zero-order chi connectivity index (χ0) is 13.7. The highest BCUT2D eigenvalue weighted by Crippen LogP contribution is 2.32. The molecule has 0 unspecified atom stereocenters. The Morgan fingerprint density at radius 2 is 1.84 bits per heavy atom. The number of benzene rings is 1. The van der Waals surface area contributed by atoms with Crippen LogP contribution in [0.4, 0.5) is 5.82 Å². The number of para-hydroxylation sites is 1. The van der Waals surface area contributed by atoms with E-state index in [1.807, 2.05) is 0 Å². The third kappa shape index (κ3) is 3.89. The van der Waals surface area contributed by atoms with E-state index >= 15 is 0 Å². The van der Waals surface area contributed by atoms with Gasteiger partial charge in [0.25, 0.3) is 0 Å². The monoisotopic (exact) mass is 315 g/mol. The minimum atomic E-state index is 0.420. The number of hydrogen-bond donors (Lipinski definition) is 1. The van der Waals surface area contributed by atoms with E-state index in [4.69, 9.17) is 33.7 Å². The fourth-order valence-electron chi connectivity index (χ4n) is 1.35. The van der Waals surface area contributed by atoms with Gasteiger partial charge >= 0.3 is 0 Å². The summed E-state index contributed by atoms with van der Waals surface area (Å²) in [5.74, 6) is 1.59. The van der Waals surface area contributed by atoms with Crippen LogP contribution in [0.25, 0.3) is 0 Å². The average molecular weight is 316 g/mol. The summed E-state index contributed by atoms with van der Waals surface area (Å²) >= 11 is 13.5. The number of thioether (sulfide) groups is 1. The van der Waals surface area contributed by atoms with Crippen molar-refractivity contribution in [2.75, 3.05) is 18.1 Å². The smallest absolute Gasteiger partial charge is 0.156 e. The summed E-state index contributed by atoms with van der Waals surface area (Å²) in [6.07, 6.45) is 3.16. The molecule has 0 radical (unpaired) electrons. The van der Waals surface area contributed by atoms with Gasteiger partial charge in [0, 0.05) is 18.1 Å². The lowest BCUT2D eigenvalue weighted by Crippen LogP contribution is -2.02. The van der Waals surface area contributed by atoms with E-state index in [0.717, 1.165) is 0 Å². The second-order valence-electron chi connectivity index (χ2n) is 3.49. The van der Waals surface area contributed by atoms with Crippen molar-refractivity contribution in [3.8, 4) is 5.75 Å². The third-order valence-electron chi connectivity index (χ3n) is 2.18. The van der Waals surface area contributed by atoms with E-state index in [1.165, 1.54) is 11.8 Å². The van der Waals surface area contributed by atoms with Gasteiger partial charge < -0.3 is 10.5 Å². The van der Waals surface area contributed by atoms with Crippen LogP contribution in [0.2, 0.25) is 10.0 Å². The normalized spacial score (nSPS) is 10.4. The molecule has 7 heteroatoms. The molecule has 1 aromatic carbocycles. The topological polar surface area (TPSA) is 61.0 Å². The van der Waals surface area contributed by atoms with Crippen molar-refractivity contribution < 1.29 is 4.74 Å². The summed E-state index contributed by atoms with van der Waals surface area (Å²) in [7, 11) is 0. The summed E-state index contributed by atoms with van der Waals surface area (Å²) in [5, 5.41) is 1.68. The molecule has 0 atom stereocenters. The second kappa shape index (κ2) is 6.84.